The van der Waals surface area contributed by atoms with E-state index in [9.17, 15) is 4.79 Å². The monoisotopic (exact) mass is 331 g/mol. The van der Waals surface area contributed by atoms with Crippen LogP contribution in [0.5, 0.6) is 0 Å². The SMILES string of the molecule is Cc1cc(C(=O)O)nc(N2CCC(c3nc(C(C)C)no3)CC2)n1. The molecule has 0 bridgehead atoms. The number of nitrogens with zero attached hydrogens (tertiary/aromatic N) is 5. The van der Waals surface area contributed by atoms with Gasteiger partial charge in [0.15, 0.2) is 11.5 Å². The largest absolute Gasteiger partial charge is 0.477 e. The van der Waals surface area contributed by atoms with E-state index >= 15 is 0 Å². The van der Waals surface area contributed by atoms with Gasteiger partial charge in [-0.1, -0.05) is 19.0 Å². The lowest BCUT2D eigenvalue weighted by atomic mass is 9.97. The third-order valence-corrected chi connectivity index (χ3v) is 4.16. The van der Waals surface area contributed by atoms with Gasteiger partial charge in [0.2, 0.25) is 11.8 Å². The van der Waals surface area contributed by atoms with Crippen LogP contribution in [0.15, 0.2) is 10.6 Å². The first kappa shape index (κ1) is 16.4. The van der Waals surface area contributed by atoms with Crippen molar-refractivity contribution in [3.05, 3.63) is 29.2 Å². The summed E-state index contributed by atoms with van der Waals surface area (Å²) in [7, 11) is 0. The number of hydrogen-bond acceptors (Lipinski definition) is 7. The Labute approximate surface area is 139 Å². The second-order valence-corrected chi connectivity index (χ2v) is 6.41. The Morgan fingerprint density at radius 2 is 2.00 bits per heavy atom. The van der Waals surface area contributed by atoms with Crippen molar-refractivity contribution in [2.24, 2.45) is 0 Å². The molecule has 2 aromatic rings. The van der Waals surface area contributed by atoms with Crippen LogP contribution >= 0.6 is 0 Å². The Hall–Kier alpha value is -2.51. The van der Waals surface area contributed by atoms with Crippen molar-refractivity contribution < 1.29 is 14.4 Å². The van der Waals surface area contributed by atoms with Gasteiger partial charge in [-0.15, -0.1) is 0 Å². The molecule has 2 aromatic heterocycles. The molecule has 0 spiro atoms. The van der Waals surface area contributed by atoms with E-state index in [2.05, 4.69) is 20.1 Å². The predicted octanol–water partition coefficient (Wildman–Crippen LogP) is 2.37. The lowest BCUT2D eigenvalue weighted by Crippen LogP contribution is -2.34. The number of rotatable bonds is 4. The fourth-order valence-electron chi connectivity index (χ4n) is 2.78. The second kappa shape index (κ2) is 6.54. The zero-order valence-corrected chi connectivity index (χ0v) is 14.1. The highest BCUT2D eigenvalue weighted by molar-refractivity contribution is 5.85. The third kappa shape index (κ3) is 3.37. The highest BCUT2D eigenvalue weighted by atomic mass is 16.5. The first-order valence-electron chi connectivity index (χ1n) is 8.11. The van der Waals surface area contributed by atoms with Gasteiger partial charge in [-0.2, -0.15) is 4.98 Å². The van der Waals surface area contributed by atoms with Gasteiger partial charge in [0.1, 0.15) is 0 Å². The van der Waals surface area contributed by atoms with Crippen molar-refractivity contribution in [3.8, 4) is 0 Å². The molecule has 1 aliphatic rings. The number of piperidine rings is 1. The third-order valence-electron chi connectivity index (χ3n) is 4.16. The molecule has 0 radical (unpaired) electrons. The first-order chi connectivity index (χ1) is 11.4. The van der Waals surface area contributed by atoms with Gasteiger partial charge in [0.25, 0.3) is 0 Å². The number of aromatic carboxylic acids is 1. The van der Waals surface area contributed by atoms with Crippen LogP contribution in [0.1, 0.15) is 66.4 Å². The van der Waals surface area contributed by atoms with Crippen molar-refractivity contribution in [1.29, 1.82) is 0 Å². The average Bonchev–Trinajstić information content (AvgIpc) is 3.04. The number of carboxylic acid groups (broad SMARTS) is 1. The Morgan fingerprint density at radius 3 is 2.58 bits per heavy atom. The van der Waals surface area contributed by atoms with Gasteiger partial charge in [-0.05, 0) is 25.8 Å². The van der Waals surface area contributed by atoms with E-state index in [-0.39, 0.29) is 17.5 Å². The summed E-state index contributed by atoms with van der Waals surface area (Å²) in [5, 5.41) is 13.2. The average molecular weight is 331 g/mol. The van der Waals surface area contributed by atoms with Crippen LogP contribution in [0, 0.1) is 6.92 Å². The van der Waals surface area contributed by atoms with E-state index < -0.39 is 5.97 Å². The van der Waals surface area contributed by atoms with E-state index in [0.29, 0.717) is 17.5 Å². The maximum absolute atomic E-state index is 11.1. The smallest absolute Gasteiger partial charge is 0.354 e. The normalized spacial score (nSPS) is 15.9. The summed E-state index contributed by atoms with van der Waals surface area (Å²) >= 11 is 0. The summed E-state index contributed by atoms with van der Waals surface area (Å²) in [6.45, 7) is 7.30. The highest BCUT2D eigenvalue weighted by Gasteiger charge is 2.27. The van der Waals surface area contributed by atoms with Gasteiger partial charge in [0, 0.05) is 30.6 Å². The van der Waals surface area contributed by atoms with Crippen molar-refractivity contribution in [2.75, 3.05) is 18.0 Å². The lowest BCUT2D eigenvalue weighted by molar-refractivity contribution is 0.0690. The number of aromatic nitrogens is 4. The predicted molar refractivity (Wildman–Crippen MR) is 86.3 cm³/mol. The lowest BCUT2D eigenvalue weighted by Gasteiger charge is -2.30. The molecule has 0 unspecified atom stereocenters. The fraction of sp³-hybridized carbons (Fsp3) is 0.562. The molecule has 8 heteroatoms. The van der Waals surface area contributed by atoms with Gasteiger partial charge in [-0.25, -0.2) is 14.8 Å². The standard InChI is InChI=1S/C16H21N5O3/c1-9(2)13-19-14(24-20-13)11-4-6-21(7-5-11)16-17-10(3)8-12(18-16)15(22)23/h8-9,11H,4-7H2,1-3H3,(H,22,23). The molecule has 128 valence electrons. The maximum atomic E-state index is 11.1. The molecule has 3 rings (SSSR count). The topological polar surface area (TPSA) is 105 Å². The molecule has 0 atom stereocenters. The minimum absolute atomic E-state index is 0.0260. The molecular formula is C16H21N5O3. The first-order valence-corrected chi connectivity index (χ1v) is 8.11. The molecule has 0 amide bonds. The summed E-state index contributed by atoms with van der Waals surface area (Å²) in [6.07, 6.45) is 1.69. The van der Waals surface area contributed by atoms with Crippen molar-refractivity contribution in [1.82, 2.24) is 20.1 Å². The van der Waals surface area contributed by atoms with E-state index in [1.165, 1.54) is 6.07 Å². The van der Waals surface area contributed by atoms with E-state index in [1.54, 1.807) is 6.92 Å². The number of aryl methyl sites for hydroxylation is 1. The molecule has 0 aromatic carbocycles. The molecule has 8 nitrogen and oxygen atoms in total. The summed E-state index contributed by atoms with van der Waals surface area (Å²) < 4.78 is 5.39. The number of carboxylic acids is 1. The molecule has 0 aliphatic carbocycles. The Morgan fingerprint density at radius 1 is 1.29 bits per heavy atom. The van der Waals surface area contributed by atoms with Gasteiger partial charge < -0.3 is 14.5 Å². The Bertz CT molecular complexity index is 735. The van der Waals surface area contributed by atoms with E-state index in [0.717, 1.165) is 31.8 Å². The Kier molecular flexibility index (Phi) is 4.46. The second-order valence-electron chi connectivity index (χ2n) is 6.41. The van der Waals surface area contributed by atoms with Crippen LogP contribution in [-0.4, -0.2) is 44.3 Å². The van der Waals surface area contributed by atoms with E-state index in [1.807, 2.05) is 18.7 Å². The zero-order valence-electron chi connectivity index (χ0n) is 14.1. The maximum Gasteiger partial charge on any atom is 0.354 e. The van der Waals surface area contributed by atoms with E-state index in [4.69, 9.17) is 9.63 Å². The van der Waals surface area contributed by atoms with Crippen LogP contribution in [0.3, 0.4) is 0 Å². The van der Waals surface area contributed by atoms with Crippen LogP contribution in [-0.2, 0) is 0 Å². The van der Waals surface area contributed by atoms with Gasteiger partial charge >= 0.3 is 5.97 Å². The summed E-state index contributed by atoms with van der Waals surface area (Å²) in [5.41, 5.74) is 0.677. The molecule has 24 heavy (non-hydrogen) atoms. The van der Waals surface area contributed by atoms with Crippen molar-refractivity contribution in [3.63, 3.8) is 0 Å². The molecule has 1 aliphatic heterocycles. The minimum Gasteiger partial charge on any atom is -0.477 e. The highest BCUT2D eigenvalue weighted by Crippen LogP contribution is 2.29. The van der Waals surface area contributed by atoms with Crippen LogP contribution in [0.4, 0.5) is 5.95 Å². The molecule has 1 N–H and O–H groups in total. The molecular weight excluding hydrogens is 310 g/mol. The van der Waals surface area contributed by atoms with Crippen molar-refractivity contribution >= 4 is 11.9 Å². The van der Waals surface area contributed by atoms with Crippen LogP contribution in [0.2, 0.25) is 0 Å². The molecule has 1 fully saturated rings. The van der Waals surface area contributed by atoms with Gasteiger partial charge in [0.05, 0.1) is 0 Å². The van der Waals surface area contributed by atoms with Gasteiger partial charge in [-0.3, -0.25) is 0 Å². The molecule has 0 saturated carbocycles. The number of anilines is 1. The fourth-order valence-corrected chi connectivity index (χ4v) is 2.78. The Balaban J connectivity index is 1.69. The minimum atomic E-state index is -1.04. The van der Waals surface area contributed by atoms with Crippen LogP contribution in [0.25, 0.3) is 0 Å². The van der Waals surface area contributed by atoms with Crippen molar-refractivity contribution in [2.45, 2.75) is 45.4 Å². The summed E-state index contributed by atoms with van der Waals surface area (Å²) in [6, 6.07) is 1.48. The number of hydrogen-bond donors (Lipinski definition) is 1. The summed E-state index contributed by atoms with van der Waals surface area (Å²) in [5.74, 6) is 1.33. The number of carbonyl (C=O) groups is 1. The summed E-state index contributed by atoms with van der Waals surface area (Å²) in [4.78, 5) is 26.1. The molecule has 1 saturated heterocycles. The van der Waals surface area contributed by atoms with Crippen LogP contribution < -0.4 is 4.90 Å². The zero-order chi connectivity index (χ0) is 17.3. The quantitative estimate of drug-likeness (QED) is 0.910. The molecule has 3 heterocycles.